The van der Waals surface area contributed by atoms with E-state index in [1.165, 1.54) is 0 Å². The van der Waals surface area contributed by atoms with Gasteiger partial charge in [-0.25, -0.2) is 9.97 Å². The van der Waals surface area contributed by atoms with Gasteiger partial charge in [-0.2, -0.15) is 0 Å². The van der Waals surface area contributed by atoms with Crippen LogP contribution in [0.2, 0.25) is 0 Å². The van der Waals surface area contributed by atoms with Gasteiger partial charge in [-0.1, -0.05) is 60.7 Å². The van der Waals surface area contributed by atoms with Gasteiger partial charge in [-0.05, 0) is 65.8 Å². The predicted molar refractivity (Wildman–Crippen MR) is 160 cm³/mol. The van der Waals surface area contributed by atoms with Crippen LogP contribution in [0.15, 0.2) is 91.0 Å². The molecule has 0 unspecified atom stereocenters. The topological polar surface area (TPSA) is 66.6 Å². The lowest BCUT2D eigenvalue weighted by Gasteiger charge is -2.05. The minimum atomic E-state index is 0.405. The molecule has 3 aromatic heterocycles. The van der Waals surface area contributed by atoms with Gasteiger partial charge in [0.2, 0.25) is 0 Å². The van der Waals surface area contributed by atoms with Crippen molar-refractivity contribution in [3.8, 4) is 22.3 Å². The zero-order valence-electron chi connectivity index (χ0n) is 21.5. The van der Waals surface area contributed by atoms with Crippen LogP contribution < -0.4 is 0 Å². The zero-order chi connectivity index (χ0) is 26.2. The Bertz CT molecular complexity index is 1780. The van der Waals surface area contributed by atoms with Crippen molar-refractivity contribution in [2.45, 2.75) is 6.61 Å². The van der Waals surface area contributed by atoms with Gasteiger partial charge in [0, 0.05) is 45.9 Å². The summed E-state index contributed by atoms with van der Waals surface area (Å²) in [6, 6.07) is 31.4. The molecule has 2 aromatic carbocycles. The third kappa shape index (κ3) is 4.29. The summed E-state index contributed by atoms with van der Waals surface area (Å²) in [6.07, 6.45) is 8.29. The molecule has 0 fully saturated rings. The fraction of sp³-hybridized carbons (Fsp3) is 0.0588. The molecular weight excluding hydrogens is 480 g/mol. The molecule has 188 valence electrons. The molecular formula is C34H26N4O. The molecule has 0 saturated heterocycles. The van der Waals surface area contributed by atoms with Gasteiger partial charge in [-0.15, -0.1) is 0 Å². The van der Waals surface area contributed by atoms with Crippen LogP contribution in [0.5, 0.6) is 0 Å². The molecule has 8 bridgehead atoms. The van der Waals surface area contributed by atoms with Gasteiger partial charge in [0.1, 0.15) is 0 Å². The molecule has 0 amide bonds. The zero-order valence-corrected chi connectivity index (χ0v) is 21.5. The molecule has 7 rings (SSSR count). The lowest BCUT2D eigenvalue weighted by molar-refractivity contribution is 0.184. The Labute approximate surface area is 226 Å². The van der Waals surface area contributed by atoms with E-state index in [4.69, 9.17) is 14.7 Å². The van der Waals surface area contributed by atoms with Crippen LogP contribution in [0.1, 0.15) is 28.3 Å². The second-order valence-electron chi connectivity index (χ2n) is 9.62. The van der Waals surface area contributed by atoms with Crippen LogP contribution in [0.3, 0.4) is 0 Å². The lowest BCUT2D eigenvalue weighted by Crippen LogP contribution is -1.96. The van der Waals surface area contributed by atoms with E-state index < -0.39 is 0 Å². The second-order valence-corrected chi connectivity index (χ2v) is 9.62. The number of hydrogen-bond donors (Lipinski definition) is 2. The third-order valence-corrected chi connectivity index (χ3v) is 7.09. The Morgan fingerprint density at radius 1 is 0.564 bits per heavy atom. The number of benzene rings is 2. The molecule has 5 aromatic rings. The van der Waals surface area contributed by atoms with Crippen molar-refractivity contribution in [3.63, 3.8) is 0 Å². The fourth-order valence-electron chi connectivity index (χ4n) is 5.31. The molecule has 0 saturated carbocycles. The number of aromatic nitrogens is 4. The number of fused-ring (bicyclic) bond motifs is 8. The van der Waals surface area contributed by atoms with E-state index in [9.17, 15) is 0 Å². The number of H-pyrrole nitrogens is 2. The summed E-state index contributed by atoms with van der Waals surface area (Å²) >= 11 is 0. The monoisotopic (exact) mass is 506 g/mol. The maximum Gasteiger partial charge on any atom is 0.0755 e. The van der Waals surface area contributed by atoms with Crippen molar-refractivity contribution in [1.82, 2.24) is 19.9 Å². The van der Waals surface area contributed by atoms with E-state index in [1.807, 2.05) is 12.1 Å². The van der Waals surface area contributed by atoms with Crippen LogP contribution in [0.25, 0.3) is 68.6 Å². The SMILES string of the molecule is COCc1c2nc(c(-c3ccccc3)c3ccc(cc4ccc([nH]4)c(-c4ccccc4)c4nc1C=C4)[nH]3)C=C2. The van der Waals surface area contributed by atoms with Crippen molar-refractivity contribution in [3.05, 3.63) is 119 Å². The number of ether oxygens (including phenoxy) is 1. The third-order valence-electron chi connectivity index (χ3n) is 7.09. The van der Waals surface area contributed by atoms with Gasteiger partial charge in [0.05, 0.1) is 29.4 Å². The van der Waals surface area contributed by atoms with Crippen molar-refractivity contribution < 1.29 is 4.74 Å². The summed E-state index contributed by atoms with van der Waals surface area (Å²) in [4.78, 5) is 17.5. The highest BCUT2D eigenvalue weighted by molar-refractivity contribution is 5.93. The van der Waals surface area contributed by atoms with E-state index in [-0.39, 0.29) is 0 Å². The molecule has 0 spiro atoms. The van der Waals surface area contributed by atoms with Crippen LogP contribution in [-0.2, 0) is 11.3 Å². The van der Waals surface area contributed by atoms with Crippen LogP contribution in [0, 0.1) is 0 Å². The summed E-state index contributed by atoms with van der Waals surface area (Å²) in [5.41, 5.74) is 12.8. The van der Waals surface area contributed by atoms with Crippen LogP contribution >= 0.6 is 0 Å². The molecule has 5 heteroatoms. The number of aromatic amines is 2. The van der Waals surface area contributed by atoms with Crippen molar-refractivity contribution >= 4 is 46.4 Å². The first kappa shape index (κ1) is 23.1. The summed E-state index contributed by atoms with van der Waals surface area (Å²) < 4.78 is 5.64. The largest absolute Gasteiger partial charge is 0.380 e. The van der Waals surface area contributed by atoms with Gasteiger partial charge in [-0.3, -0.25) is 0 Å². The van der Waals surface area contributed by atoms with E-state index in [0.717, 1.165) is 72.7 Å². The Morgan fingerprint density at radius 3 is 1.49 bits per heavy atom. The number of nitrogens with one attached hydrogen (secondary N) is 2. The standard InChI is InChI=1S/C34H26N4O/c1-39-21-26-27-16-18-31(37-27)33(22-8-4-2-5-9-22)29-14-12-24(35-29)20-25-13-15-30(36-25)34(23-10-6-3-7-11-23)32-19-17-28(26)38-32/h2-20,35-36H,21H2,1H3. The normalized spacial score (nSPS) is 12.2. The maximum atomic E-state index is 5.64. The lowest BCUT2D eigenvalue weighted by atomic mass is 10.0. The number of hydrogen-bond acceptors (Lipinski definition) is 3. The molecule has 2 aliphatic rings. The van der Waals surface area contributed by atoms with E-state index in [2.05, 4.69) is 113 Å². The van der Waals surface area contributed by atoms with Crippen molar-refractivity contribution in [2.24, 2.45) is 0 Å². The summed E-state index contributed by atoms with van der Waals surface area (Å²) in [6.45, 7) is 0.405. The highest BCUT2D eigenvalue weighted by atomic mass is 16.5. The van der Waals surface area contributed by atoms with E-state index in [0.29, 0.717) is 6.61 Å². The highest BCUT2D eigenvalue weighted by Crippen LogP contribution is 2.33. The number of nitrogens with zero attached hydrogens (tertiary/aromatic N) is 2. The molecule has 39 heavy (non-hydrogen) atoms. The van der Waals surface area contributed by atoms with Gasteiger partial charge < -0.3 is 14.7 Å². The summed E-state index contributed by atoms with van der Waals surface area (Å²) in [5, 5.41) is 0. The molecule has 2 aliphatic heterocycles. The fourth-order valence-corrected chi connectivity index (χ4v) is 5.31. The number of methoxy groups -OCH3 is 1. The minimum Gasteiger partial charge on any atom is -0.380 e. The average Bonchev–Trinajstić information content (AvgIpc) is 3.79. The van der Waals surface area contributed by atoms with Gasteiger partial charge >= 0.3 is 0 Å². The Balaban J connectivity index is 1.62. The summed E-state index contributed by atoms with van der Waals surface area (Å²) in [5.74, 6) is 0. The predicted octanol–water partition coefficient (Wildman–Crippen LogP) is 8.14. The van der Waals surface area contributed by atoms with Crippen molar-refractivity contribution in [1.29, 1.82) is 0 Å². The van der Waals surface area contributed by atoms with Crippen LogP contribution in [0.4, 0.5) is 0 Å². The number of rotatable bonds is 4. The van der Waals surface area contributed by atoms with Crippen molar-refractivity contribution in [2.75, 3.05) is 7.11 Å². The molecule has 5 nitrogen and oxygen atoms in total. The first-order valence-corrected chi connectivity index (χ1v) is 13.0. The molecule has 0 atom stereocenters. The maximum absolute atomic E-state index is 5.64. The summed E-state index contributed by atoms with van der Waals surface area (Å²) in [7, 11) is 1.71. The Morgan fingerprint density at radius 2 is 1.03 bits per heavy atom. The average molecular weight is 507 g/mol. The highest BCUT2D eigenvalue weighted by Gasteiger charge is 2.17. The first-order valence-electron chi connectivity index (χ1n) is 13.0. The Hall–Kier alpha value is -5.00. The van der Waals surface area contributed by atoms with Gasteiger partial charge in [0.15, 0.2) is 0 Å². The Kier molecular flexibility index (Phi) is 5.76. The van der Waals surface area contributed by atoms with Gasteiger partial charge in [0.25, 0.3) is 0 Å². The molecule has 0 aliphatic carbocycles. The quantitative estimate of drug-likeness (QED) is 0.253. The first-order chi connectivity index (χ1) is 19.3. The smallest absolute Gasteiger partial charge is 0.0755 e. The van der Waals surface area contributed by atoms with Crippen LogP contribution in [-0.4, -0.2) is 27.0 Å². The molecule has 2 N–H and O–H groups in total. The molecule has 0 radical (unpaired) electrons. The van der Waals surface area contributed by atoms with E-state index >= 15 is 0 Å². The molecule has 5 heterocycles. The second kappa shape index (κ2) is 9.71. The minimum absolute atomic E-state index is 0.405. The van der Waals surface area contributed by atoms with E-state index in [1.54, 1.807) is 7.11 Å².